The van der Waals surface area contributed by atoms with Crippen LogP contribution in [0.5, 0.6) is 0 Å². The fraction of sp³-hybridized carbons (Fsp3) is 0.471. The molecule has 0 fully saturated rings. The molecule has 0 unspecified atom stereocenters. The molecule has 0 atom stereocenters. The van der Waals surface area contributed by atoms with Crippen molar-refractivity contribution in [2.45, 2.75) is 39.0 Å². The molecular weight excluding hydrogens is 249 g/mol. The lowest BCUT2D eigenvalue weighted by molar-refractivity contribution is 0.546. The van der Waals surface area contributed by atoms with Crippen molar-refractivity contribution in [3.63, 3.8) is 0 Å². The molecule has 0 bridgehead atoms. The summed E-state index contributed by atoms with van der Waals surface area (Å²) in [4.78, 5) is 2.27. The van der Waals surface area contributed by atoms with E-state index in [2.05, 4.69) is 77.0 Å². The van der Waals surface area contributed by atoms with E-state index >= 15 is 0 Å². The summed E-state index contributed by atoms with van der Waals surface area (Å²) in [6.45, 7) is 9.47. The summed E-state index contributed by atoms with van der Waals surface area (Å²) >= 11 is 0. The van der Waals surface area contributed by atoms with Gasteiger partial charge in [0, 0.05) is 19.7 Å². The predicted octanol–water partition coefficient (Wildman–Crippen LogP) is 4.42. The number of nitrogens with zero attached hydrogens (tertiary/aromatic N) is 1. The highest BCUT2D eigenvalue weighted by Crippen LogP contribution is 2.44. The van der Waals surface area contributed by atoms with Gasteiger partial charge in [-0.15, -0.1) is 0 Å². The van der Waals surface area contributed by atoms with Gasteiger partial charge in [0.05, 0.1) is 5.70 Å². The number of hydrogen-bond donors (Lipinski definition) is 0. The van der Waals surface area contributed by atoms with Crippen LogP contribution >= 0.6 is 7.55 Å². The van der Waals surface area contributed by atoms with Crippen LogP contribution in [0, 0.1) is 0 Å². The van der Waals surface area contributed by atoms with Crippen LogP contribution in [0.15, 0.2) is 30.0 Å². The average Bonchev–Trinajstić information content (AvgIpc) is 2.68. The van der Waals surface area contributed by atoms with E-state index in [1.54, 1.807) is 5.29 Å². The van der Waals surface area contributed by atoms with Gasteiger partial charge < -0.3 is 4.90 Å². The number of rotatable bonds is 3. The first-order chi connectivity index (χ1) is 8.93. The molecule has 1 nitrogen and oxygen atoms in total. The van der Waals surface area contributed by atoms with Gasteiger partial charge in [-0.1, -0.05) is 18.2 Å². The van der Waals surface area contributed by atoms with Crippen LogP contribution in [0.4, 0.5) is 0 Å². The molecule has 0 saturated carbocycles. The Balaban J connectivity index is 2.71. The lowest BCUT2D eigenvalue weighted by Gasteiger charge is -2.16. The molecule has 0 spiro atoms. The van der Waals surface area contributed by atoms with Gasteiger partial charge >= 0.3 is 0 Å². The molecule has 2 heteroatoms. The van der Waals surface area contributed by atoms with Gasteiger partial charge in [-0.2, -0.15) is 0 Å². The summed E-state index contributed by atoms with van der Waals surface area (Å²) in [7, 11) is 4.19. The van der Waals surface area contributed by atoms with Crippen molar-refractivity contribution >= 4 is 18.9 Å². The second-order valence-corrected chi connectivity index (χ2v) is 9.28. The lowest BCUT2D eigenvalue weighted by Crippen LogP contribution is -2.19. The first-order valence-electron chi connectivity index (χ1n) is 7.07. The third-order valence-corrected chi connectivity index (χ3v) is 6.82. The minimum Gasteiger partial charge on any atom is -0.374 e. The standard InChI is InChI=1S/C17H25NP/c1-12(2)19(13(3)4)17-15-10-8-7-9-14(15)11-16(17)18(5)6/h7-13H,1-6H3/q+1. The van der Waals surface area contributed by atoms with Crippen LogP contribution in [-0.2, 0) is 0 Å². The summed E-state index contributed by atoms with van der Waals surface area (Å²) in [6.07, 6.45) is 2.35. The zero-order valence-electron chi connectivity index (χ0n) is 12.9. The Morgan fingerprint density at radius 3 is 2.05 bits per heavy atom. The zero-order chi connectivity index (χ0) is 14.2. The predicted molar refractivity (Wildman–Crippen MR) is 89.4 cm³/mol. The Morgan fingerprint density at radius 1 is 0.947 bits per heavy atom. The third-order valence-electron chi connectivity index (χ3n) is 3.60. The quantitative estimate of drug-likeness (QED) is 0.737. The summed E-state index contributed by atoms with van der Waals surface area (Å²) < 4.78 is 0. The van der Waals surface area contributed by atoms with E-state index in [9.17, 15) is 0 Å². The van der Waals surface area contributed by atoms with Crippen LogP contribution in [0.3, 0.4) is 0 Å². The van der Waals surface area contributed by atoms with Gasteiger partial charge in [0.2, 0.25) is 0 Å². The Kier molecular flexibility index (Phi) is 4.16. The van der Waals surface area contributed by atoms with Crippen molar-refractivity contribution in [3.05, 3.63) is 41.1 Å². The molecule has 0 heterocycles. The van der Waals surface area contributed by atoms with Crippen molar-refractivity contribution in [1.29, 1.82) is 0 Å². The monoisotopic (exact) mass is 274 g/mol. The Hall–Kier alpha value is -1.07. The molecule has 0 aliphatic heterocycles. The fourth-order valence-electron chi connectivity index (χ4n) is 2.92. The maximum atomic E-state index is 2.37. The van der Waals surface area contributed by atoms with Crippen molar-refractivity contribution in [3.8, 4) is 0 Å². The summed E-state index contributed by atoms with van der Waals surface area (Å²) in [5, 5.41) is 1.60. The highest BCUT2D eigenvalue weighted by atomic mass is 31.1. The van der Waals surface area contributed by atoms with Crippen molar-refractivity contribution in [2.24, 2.45) is 0 Å². The summed E-state index contributed by atoms with van der Waals surface area (Å²) in [5.74, 6) is 0. The Labute approximate surface area is 118 Å². The van der Waals surface area contributed by atoms with E-state index < -0.39 is 0 Å². The smallest absolute Gasteiger partial charge is 0.175 e. The molecule has 2 rings (SSSR count). The number of fused-ring (bicyclic) bond motifs is 1. The molecule has 0 aromatic heterocycles. The summed E-state index contributed by atoms with van der Waals surface area (Å²) in [6, 6.07) is 8.83. The number of likely N-dealkylation sites (N-methyl/N-ethyl adjacent to an activating group) is 1. The van der Waals surface area contributed by atoms with Crippen LogP contribution in [0.2, 0.25) is 0 Å². The van der Waals surface area contributed by atoms with Gasteiger partial charge in [0.25, 0.3) is 0 Å². The van der Waals surface area contributed by atoms with Gasteiger partial charge in [-0.25, -0.2) is 0 Å². The highest BCUT2D eigenvalue weighted by Gasteiger charge is 2.34. The molecule has 0 radical (unpaired) electrons. The number of hydrogen-bond acceptors (Lipinski definition) is 1. The zero-order valence-corrected chi connectivity index (χ0v) is 13.8. The fourth-order valence-corrected chi connectivity index (χ4v) is 6.15. The second-order valence-electron chi connectivity index (χ2n) is 5.95. The van der Waals surface area contributed by atoms with E-state index in [4.69, 9.17) is 0 Å². The minimum absolute atomic E-state index is 0.131. The molecule has 102 valence electrons. The normalized spacial score (nSPS) is 13.9. The van der Waals surface area contributed by atoms with Gasteiger partial charge in [0.15, 0.2) is 5.29 Å². The molecule has 0 saturated heterocycles. The van der Waals surface area contributed by atoms with E-state index in [1.807, 2.05) is 0 Å². The minimum atomic E-state index is -0.131. The van der Waals surface area contributed by atoms with E-state index in [0.29, 0.717) is 0 Å². The third kappa shape index (κ3) is 2.62. The maximum absolute atomic E-state index is 2.37. The SMILES string of the molecule is CC(C)[P+](=C1C(N(C)C)=Cc2ccccc21)C(C)C. The van der Waals surface area contributed by atoms with Crippen molar-refractivity contribution in [1.82, 2.24) is 4.90 Å². The number of benzene rings is 1. The van der Waals surface area contributed by atoms with Crippen LogP contribution in [0.25, 0.3) is 6.08 Å². The van der Waals surface area contributed by atoms with Crippen molar-refractivity contribution < 1.29 is 0 Å². The lowest BCUT2D eigenvalue weighted by atomic mass is 10.1. The maximum Gasteiger partial charge on any atom is 0.175 e. The van der Waals surface area contributed by atoms with E-state index in [1.165, 1.54) is 16.8 Å². The molecule has 1 aromatic carbocycles. The van der Waals surface area contributed by atoms with E-state index in [-0.39, 0.29) is 7.55 Å². The molecule has 1 aromatic rings. The van der Waals surface area contributed by atoms with Gasteiger partial charge in [0.1, 0.15) is 18.9 Å². The first kappa shape index (κ1) is 14.3. The molecule has 0 N–H and O–H groups in total. The van der Waals surface area contributed by atoms with Gasteiger partial charge in [-0.05, 0) is 45.4 Å². The van der Waals surface area contributed by atoms with E-state index in [0.717, 1.165) is 11.3 Å². The molecule has 1 aliphatic carbocycles. The molecular formula is C17H25NP+. The highest BCUT2D eigenvalue weighted by molar-refractivity contribution is 7.61. The molecule has 1 aliphatic rings. The van der Waals surface area contributed by atoms with Crippen LogP contribution in [0.1, 0.15) is 38.8 Å². The number of allylic oxidation sites excluding steroid dienone is 1. The molecule has 0 amide bonds. The molecule has 19 heavy (non-hydrogen) atoms. The second kappa shape index (κ2) is 5.51. The average molecular weight is 274 g/mol. The Bertz CT molecular complexity index is 526. The van der Waals surface area contributed by atoms with Gasteiger partial charge in [-0.3, -0.25) is 0 Å². The first-order valence-corrected chi connectivity index (χ1v) is 8.55. The largest absolute Gasteiger partial charge is 0.374 e. The topological polar surface area (TPSA) is 3.24 Å². The summed E-state index contributed by atoms with van der Waals surface area (Å²) in [5.41, 5.74) is 5.70. The van der Waals surface area contributed by atoms with Crippen molar-refractivity contribution in [2.75, 3.05) is 14.1 Å². The van der Waals surface area contributed by atoms with Crippen LogP contribution in [-0.4, -0.2) is 35.6 Å². The Morgan fingerprint density at radius 2 is 1.53 bits per heavy atom. The van der Waals surface area contributed by atoms with Crippen LogP contribution < -0.4 is 0 Å².